The van der Waals surface area contributed by atoms with Gasteiger partial charge in [-0.15, -0.1) is 0 Å². The Morgan fingerprint density at radius 1 is 0.971 bits per heavy atom. The molecule has 2 aliphatic rings. The third kappa shape index (κ3) is 5.54. The van der Waals surface area contributed by atoms with Gasteiger partial charge in [0.15, 0.2) is 10.8 Å². The molecule has 34 heavy (non-hydrogen) atoms. The molecule has 6 nitrogen and oxygen atoms in total. The number of hydrogen-bond acceptors (Lipinski definition) is 4. The molecule has 1 atom stereocenters. The van der Waals surface area contributed by atoms with Crippen molar-refractivity contribution in [3.05, 3.63) is 65.2 Å². The number of nitrogens with zero attached hydrogens (tertiary/aromatic N) is 2. The molecule has 2 aromatic rings. The van der Waals surface area contributed by atoms with Crippen molar-refractivity contribution < 1.29 is 4.79 Å². The van der Waals surface area contributed by atoms with E-state index in [4.69, 9.17) is 29.6 Å². The molecule has 1 amide bonds. The summed E-state index contributed by atoms with van der Waals surface area (Å²) in [5, 5.41) is 7.47. The summed E-state index contributed by atoms with van der Waals surface area (Å²) in [5.74, 6) is 0.987. The highest BCUT2D eigenvalue weighted by molar-refractivity contribution is 7.80. The van der Waals surface area contributed by atoms with Crippen LogP contribution in [-0.4, -0.2) is 54.0 Å². The summed E-state index contributed by atoms with van der Waals surface area (Å²) in [4.78, 5) is 17.8. The predicted molar refractivity (Wildman–Crippen MR) is 143 cm³/mol. The molecule has 0 aliphatic carbocycles. The lowest BCUT2D eigenvalue weighted by Crippen LogP contribution is -2.67. The third-order valence-corrected chi connectivity index (χ3v) is 7.84. The lowest BCUT2D eigenvalue weighted by atomic mass is 9.78. The van der Waals surface area contributed by atoms with Crippen molar-refractivity contribution in [2.24, 2.45) is 17.6 Å². The monoisotopic (exact) mass is 499 g/mol. The van der Waals surface area contributed by atoms with Crippen molar-refractivity contribution in [2.75, 3.05) is 38.5 Å². The molecule has 2 saturated heterocycles. The number of rotatable bonds is 6. The number of thiocarbonyl (C=S) groups is 1. The highest BCUT2D eigenvalue weighted by Gasteiger charge is 2.47. The predicted octanol–water partition coefficient (Wildman–Crippen LogP) is 4.02. The van der Waals surface area contributed by atoms with Crippen LogP contribution < -0.4 is 16.4 Å². The van der Waals surface area contributed by atoms with Crippen LogP contribution in [0.4, 0.5) is 5.69 Å². The first-order valence-electron chi connectivity index (χ1n) is 12.0. The topological polar surface area (TPSA) is 73.6 Å². The Labute approximate surface area is 212 Å². The average molecular weight is 500 g/mol. The first-order valence-corrected chi connectivity index (χ1v) is 12.8. The summed E-state index contributed by atoms with van der Waals surface area (Å²) in [7, 11) is 2.20. The number of carbonyl (C=O) groups excluding carboxylic acids is 1. The zero-order chi connectivity index (χ0) is 24.1. The molecule has 0 spiro atoms. The van der Waals surface area contributed by atoms with E-state index >= 15 is 0 Å². The molecule has 0 bridgehead atoms. The van der Waals surface area contributed by atoms with Gasteiger partial charge in [-0.1, -0.05) is 41.9 Å². The second-order valence-corrected chi connectivity index (χ2v) is 10.3. The average Bonchev–Trinajstić information content (AvgIpc) is 2.85. The summed E-state index contributed by atoms with van der Waals surface area (Å²) in [6.07, 6.45) is 4.62. The van der Waals surface area contributed by atoms with Gasteiger partial charge >= 0.3 is 0 Å². The summed E-state index contributed by atoms with van der Waals surface area (Å²) in [6.45, 7) is 3.91. The quantitative estimate of drug-likeness (QED) is 0.521. The Bertz CT molecular complexity index is 972. The Hall–Kier alpha value is -2.19. The number of amides is 1. The fourth-order valence-electron chi connectivity index (χ4n) is 5.44. The SMILES string of the molecule is CN1CCC(C2CCN(C(NC(=S)Nc3ccc(Cl)cc3)(C(N)=O)c3ccccc3)CC2)CC1. The van der Waals surface area contributed by atoms with Gasteiger partial charge in [-0.2, -0.15) is 0 Å². The van der Waals surface area contributed by atoms with Crippen molar-refractivity contribution in [1.29, 1.82) is 0 Å². The molecule has 4 N–H and O–H groups in total. The Morgan fingerprint density at radius 3 is 2.09 bits per heavy atom. The molecule has 2 fully saturated rings. The smallest absolute Gasteiger partial charge is 0.263 e. The van der Waals surface area contributed by atoms with Gasteiger partial charge in [-0.3, -0.25) is 9.69 Å². The van der Waals surface area contributed by atoms with Crippen LogP contribution in [0.15, 0.2) is 54.6 Å². The van der Waals surface area contributed by atoms with Gasteiger partial charge in [0, 0.05) is 29.4 Å². The fourth-order valence-corrected chi connectivity index (χ4v) is 5.83. The lowest BCUT2D eigenvalue weighted by molar-refractivity contribution is -0.134. The van der Waals surface area contributed by atoms with Crippen molar-refractivity contribution in [3.8, 4) is 0 Å². The number of anilines is 1. The highest BCUT2D eigenvalue weighted by Crippen LogP contribution is 2.36. The van der Waals surface area contributed by atoms with Gasteiger partial charge in [-0.05, 0) is 94.1 Å². The summed E-state index contributed by atoms with van der Waals surface area (Å²) < 4.78 is 0. The molecule has 0 saturated carbocycles. The maximum absolute atomic E-state index is 13.2. The zero-order valence-electron chi connectivity index (χ0n) is 19.7. The van der Waals surface area contributed by atoms with E-state index < -0.39 is 11.6 Å². The molecule has 0 aromatic heterocycles. The van der Waals surface area contributed by atoms with Crippen molar-refractivity contribution in [3.63, 3.8) is 0 Å². The van der Waals surface area contributed by atoms with Crippen LogP contribution >= 0.6 is 23.8 Å². The number of benzene rings is 2. The van der Waals surface area contributed by atoms with E-state index in [1.165, 1.54) is 25.9 Å². The molecule has 1 unspecified atom stereocenters. The molecule has 0 radical (unpaired) electrons. The largest absolute Gasteiger partial charge is 0.366 e. The van der Waals surface area contributed by atoms with Crippen LogP contribution in [0.3, 0.4) is 0 Å². The van der Waals surface area contributed by atoms with E-state index in [-0.39, 0.29) is 0 Å². The van der Waals surface area contributed by atoms with Crippen molar-refractivity contribution in [1.82, 2.24) is 15.1 Å². The number of likely N-dealkylation sites (tertiary alicyclic amines) is 2. The third-order valence-electron chi connectivity index (χ3n) is 7.39. The minimum atomic E-state index is -1.23. The van der Waals surface area contributed by atoms with Crippen molar-refractivity contribution in [2.45, 2.75) is 31.3 Å². The van der Waals surface area contributed by atoms with Crippen LogP contribution in [0.5, 0.6) is 0 Å². The number of primary amides is 1. The number of hydrogen-bond donors (Lipinski definition) is 3. The minimum absolute atomic E-state index is 0.336. The molecule has 182 valence electrons. The molecule has 2 aromatic carbocycles. The number of nitrogens with two attached hydrogens (primary N) is 1. The van der Waals surface area contributed by atoms with Gasteiger partial charge in [0.05, 0.1) is 0 Å². The van der Waals surface area contributed by atoms with Gasteiger partial charge in [0.25, 0.3) is 5.91 Å². The van der Waals surface area contributed by atoms with E-state index in [2.05, 4.69) is 27.5 Å². The van der Waals surface area contributed by atoms with Crippen LogP contribution in [0.1, 0.15) is 31.2 Å². The molecular formula is C26H34ClN5OS. The molecule has 4 rings (SSSR count). The normalized spacial score (nSPS) is 20.4. The summed E-state index contributed by atoms with van der Waals surface area (Å²) in [5.41, 5.74) is 6.49. The fraction of sp³-hybridized carbons (Fsp3) is 0.462. The second-order valence-electron chi connectivity index (χ2n) is 9.49. The Kier molecular flexibility index (Phi) is 8.09. The second kappa shape index (κ2) is 11.0. The Morgan fingerprint density at radius 2 is 1.53 bits per heavy atom. The van der Waals surface area contributed by atoms with Crippen LogP contribution in [-0.2, 0) is 10.5 Å². The molecule has 2 heterocycles. The van der Waals surface area contributed by atoms with E-state index in [1.807, 2.05) is 42.5 Å². The Balaban J connectivity index is 1.54. The van der Waals surface area contributed by atoms with Crippen LogP contribution in [0.2, 0.25) is 5.02 Å². The summed E-state index contributed by atoms with van der Waals surface area (Å²) in [6, 6.07) is 16.9. The first kappa shape index (κ1) is 24.9. The van der Waals surface area contributed by atoms with Gasteiger partial charge in [-0.25, -0.2) is 0 Å². The first-order chi connectivity index (χ1) is 16.4. The molecule has 2 aliphatic heterocycles. The van der Waals surface area contributed by atoms with Gasteiger partial charge in [0.2, 0.25) is 0 Å². The lowest BCUT2D eigenvalue weighted by Gasteiger charge is -2.47. The van der Waals surface area contributed by atoms with E-state index in [9.17, 15) is 4.79 Å². The molecule has 8 heteroatoms. The van der Waals surface area contributed by atoms with Gasteiger partial charge in [0.1, 0.15) is 0 Å². The zero-order valence-corrected chi connectivity index (χ0v) is 21.2. The summed E-state index contributed by atoms with van der Waals surface area (Å²) >= 11 is 11.7. The van der Waals surface area contributed by atoms with E-state index in [1.54, 1.807) is 12.1 Å². The number of halogens is 1. The highest BCUT2D eigenvalue weighted by atomic mass is 35.5. The number of carbonyl (C=O) groups is 1. The van der Waals surface area contributed by atoms with Gasteiger partial charge < -0.3 is 21.3 Å². The van der Waals surface area contributed by atoms with E-state index in [0.717, 1.165) is 43.1 Å². The molecular weight excluding hydrogens is 466 g/mol. The number of nitrogens with one attached hydrogen (secondary N) is 2. The minimum Gasteiger partial charge on any atom is -0.366 e. The van der Waals surface area contributed by atoms with Crippen LogP contribution in [0.25, 0.3) is 0 Å². The van der Waals surface area contributed by atoms with Crippen LogP contribution in [0, 0.1) is 11.8 Å². The van der Waals surface area contributed by atoms with E-state index in [0.29, 0.717) is 16.1 Å². The standard InChI is InChI=1S/C26H34ClN5OS/c1-31-15-11-19(12-16-31)20-13-17-32(18-14-20)26(24(28)33,21-5-3-2-4-6-21)30-25(34)29-23-9-7-22(27)8-10-23/h2-10,19-20H,11-18H2,1H3,(H2,28,33)(H2,29,30,34). The van der Waals surface area contributed by atoms with Crippen molar-refractivity contribution >= 4 is 40.5 Å². The maximum Gasteiger partial charge on any atom is 0.263 e. The maximum atomic E-state index is 13.2. The number of piperidine rings is 2.